The summed E-state index contributed by atoms with van der Waals surface area (Å²) in [7, 11) is 0. The standard InChI is InChI=1S/C15H20O4/c1-8-4-5-12(16)14(3)7-11-10(6-15(8,14)18)9(2)13(17)19-11/h8,10-11,18H,2,4-7H2,1,3H3/t8-,10+,11-,14-,15+/m0/s1. The maximum atomic E-state index is 12.3. The molecule has 4 nitrogen and oxygen atoms in total. The summed E-state index contributed by atoms with van der Waals surface area (Å²) in [6.07, 6.45) is 1.75. The molecule has 2 aliphatic carbocycles. The van der Waals surface area contributed by atoms with E-state index in [2.05, 4.69) is 6.58 Å². The van der Waals surface area contributed by atoms with Crippen LogP contribution >= 0.6 is 0 Å². The lowest BCUT2D eigenvalue weighted by atomic mass is 9.50. The van der Waals surface area contributed by atoms with E-state index in [0.29, 0.717) is 31.3 Å². The van der Waals surface area contributed by atoms with Crippen LogP contribution in [0.2, 0.25) is 0 Å². The van der Waals surface area contributed by atoms with Gasteiger partial charge in [-0.25, -0.2) is 4.79 Å². The van der Waals surface area contributed by atoms with Gasteiger partial charge in [0.1, 0.15) is 11.9 Å². The van der Waals surface area contributed by atoms with Crippen LogP contribution in [0.4, 0.5) is 0 Å². The Morgan fingerprint density at radius 3 is 2.74 bits per heavy atom. The van der Waals surface area contributed by atoms with E-state index in [1.54, 1.807) is 0 Å². The van der Waals surface area contributed by atoms with Gasteiger partial charge >= 0.3 is 5.97 Å². The van der Waals surface area contributed by atoms with Crippen molar-refractivity contribution in [3.63, 3.8) is 0 Å². The molecule has 3 fully saturated rings. The van der Waals surface area contributed by atoms with Gasteiger partial charge in [0, 0.05) is 24.3 Å². The van der Waals surface area contributed by atoms with Crippen molar-refractivity contribution >= 4 is 11.8 Å². The highest BCUT2D eigenvalue weighted by molar-refractivity contribution is 5.92. The largest absolute Gasteiger partial charge is 0.458 e. The molecule has 5 atom stereocenters. The Hall–Kier alpha value is -1.16. The number of Topliss-reactive ketones (excluding diaryl/α,β-unsaturated/α-hetero) is 1. The lowest BCUT2D eigenvalue weighted by Gasteiger charge is -2.56. The highest BCUT2D eigenvalue weighted by atomic mass is 16.6. The summed E-state index contributed by atoms with van der Waals surface area (Å²) in [6, 6.07) is 0. The first-order chi connectivity index (χ1) is 8.79. The Balaban J connectivity index is 2.03. The van der Waals surface area contributed by atoms with Gasteiger partial charge in [0.05, 0.1) is 11.0 Å². The second-order valence-electron chi connectivity index (χ2n) is 6.60. The zero-order valence-electron chi connectivity index (χ0n) is 11.4. The maximum absolute atomic E-state index is 12.3. The Morgan fingerprint density at radius 2 is 2.05 bits per heavy atom. The number of carbonyl (C=O) groups excluding carboxylic acids is 2. The molecule has 0 aromatic carbocycles. The van der Waals surface area contributed by atoms with Crippen molar-refractivity contribution in [3.05, 3.63) is 12.2 Å². The number of hydrogen-bond donors (Lipinski definition) is 1. The van der Waals surface area contributed by atoms with Gasteiger partial charge in [-0.3, -0.25) is 4.79 Å². The summed E-state index contributed by atoms with van der Waals surface area (Å²) in [5, 5.41) is 11.1. The van der Waals surface area contributed by atoms with Gasteiger partial charge in [-0.2, -0.15) is 0 Å². The first-order valence-corrected chi connectivity index (χ1v) is 6.95. The molecule has 0 aromatic heterocycles. The van der Waals surface area contributed by atoms with E-state index in [-0.39, 0.29) is 29.7 Å². The number of esters is 1. The van der Waals surface area contributed by atoms with Crippen LogP contribution < -0.4 is 0 Å². The van der Waals surface area contributed by atoms with Crippen LogP contribution in [0.5, 0.6) is 0 Å². The van der Waals surface area contributed by atoms with E-state index in [0.717, 1.165) is 0 Å². The van der Waals surface area contributed by atoms with Crippen LogP contribution in [0.1, 0.15) is 39.5 Å². The predicted octanol–water partition coefficient (Wildman–Crippen LogP) is 1.61. The third kappa shape index (κ3) is 1.43. The second kappa shape index (κ2) is 3.69. The van der Waals surface area contributed by atoms with E-state index >= 15 is 0 Å². The molecule has 0 spiro atoms. The zero-order chi connectivity index (χ0) is 14.0. The maximum Gasteiger partial charge on any atom is 0.334 e. The number of hydrogen-bond acceptors (Lipinski definition) is 4. The Kier molecular flexibility index (Phi) is 2.50. The minimum absolute atomic E-state index is 0.0552. The van der Waals surface area contributed by atoms with Crippen LogP contribution in [-0.4, -0.2) is 28.6 Å². The number of aliphatic hydroxyl groups is 1. The fourth-order valence-corrected chi connectivity index (χ4v) is 4.21. The van der Waals surface area contributed by atoms with Crippen molar-refractivity contribution in [2.45, 2.75) is 51.2 Å². The van der Waals surface area contributed by atoms with Gasteiger partial charge in [-0.1, -0.05) is 13.5 Å². The van der Waals surface area contributed by atoms with Gasteiger partial charge in [0.25, 0.3) is 0 Å². The topological polar surface area (TPSA) is 63.6 Å². The molecule has 19 heavy (non-hydrogen) atoms. The molecule has 2 saturated carbocycles. The number of carbonyl (C=O) groups is 2. The Morgan fingerprint density at radius 1 is 1.37 bits per heavy atom. The summed E-state index contributed by atoms with van der Waals surface area (Å²) in [5.74, 6) is -0.361. The molecule has 1 saturated heterocycles. The molecule has 104 valence electrons. The molecule has 4 heteroatoms. The third-order valence-electron chi connectivity index (χ3n) is 5.75. The third-order valence-corrected chi connectivity index (χ3v) is 5.75. The van der Waals surface area contributed by atoms with E-state index in [1.165, 1.54) is 0 Å². The molecular weight excluding hydrogens is 244 g/mol. The normalized spacial score (nSPS) is 49.6. The van der Waals surface area contributed by atoms with Gasteiger partial charge < -0.3 is 9.84 Å². The van der Waals surface area contributed by atoms with E-state index in [4.69, 9.17) is 4.74 Å². The number of ketones is 1. The SMILES string of the molecule is C=C1C(=O)O[C@H]2C[C@@]3(C)C(=O)CC[C@H](C)[C@]3(O)C[C@H]12. The zero-order valence-corrected chi connectivity index (χ0v) is 11.4. The minimum Gasteiger partial charge on any atom is -0.458 e. The molecule has 1 N–H and O–H groups in total. The fourth-order valence-electron chi connectivity index (χ4n) is 4.21. The molecule has 0 radical (unpaired) electrons. The molecule has 0 bridgehead atoms. The second-order valence-corrected chi connectivity index (χ2v) is 6.60. The van der Waals surface area contributed by atoms with Crippen molar-refractivity contribution in [2.75, 3.05) is 0 Å². The summed E-state index contributed by atoms with van der Waals surface area (Å²) in [5.41, 5.74) is -1.39. The lowest BCUT2D eigenvalue weighted by Crippen LogP contribution is -2.63. The van der Waals surface area contributed by atoms with E-state index in [1.807, 2.05) is 13.8 Å². The fraction of sp³-hybridized carbons (Fsp3) is 0.733. The van der Waals surface area contributed by atoms with Crippen LogP contribution in [0.3, 0.4) is 0 Å². The average Bonchev–Trinajstić information content (AvgIpc) is 2.61. The smallest absolute Gasteiger partial charge is 0.334 e. The molecule has 3 rings (SSSR count). The van der Waals surface area contributed by atoms with Crippen molar-refractivity contribution < 1.29 is 19.4 Å². The van der Waals surface area contributed by atoms with Crippen LogP contribution in [0, 0.1) is 17.3 Å². The molecule has 1 aliphatic heterocycles. The molecule has 0 aromatic rings. The predicted molar refractivity (Wildman–Crippen MR) is 68.2 cm³/mol. The summed E-state index contributed by atoms with van der Waals surface area (Å²) < 4.78 is 5.32. The number of ether oxygens (including phenoxy) is 1. The molecule has 0 amide bonds. The number of rotatable bonds is 0. The van der Waals surface area contributed by atoms with Crippen LogP contribution in [0.15, 0.2) is 12.2 Å². The molecular formula is C15H20O4. The van der Waals surface area contributed by atoms with Crippen molar-refractivity contribution in [3.8, 4) is 0 Å². The lowest BCUT2D eigenvalue weighted by molar-refractivity contribution is -0.196. The van der Waals surface area contributed by atoms with Crippen LogP contribution in [0.25, 0.3) is 0 Å². The minimum atomic E-state index is -1.04. The van der Waals surface area contributed by atoms with Crippen molar-refractivity contribution in [1.29, 1.82) is 0 Å². The highest BCUT2D eigenvalue weighted by Crippen LogP contribution is 2.57. The molecule has 0 unspecified atom stereocenters. The summed E-state index contributed by atoms with van der Waals surface area (Å²) >= 11 is 0. The van der Waals surface area contributed by atoms with E-state index in [9.17, 15) is 14.7 Å². The average molecular weight is 264 g/mol. The molecule has 1 heterocycles. The van der Waals surface area contributed by atoms with Gasteiger partial charge in [0.15, 0.2) is 0 Å². The first-order valence-electron chi connectivity index (χ1n) is 6.95. The quantitative estimate of drug-likeness (QED) is 0.533. The summed E-state index contributed by atoms with van der Waals surface area (Å²) in [6.45, 7) is 7.61. The number of fused-ring (bicyclic) bond motifs is 2. The van der Waals surface area contributed by atoms with Gasteiger partial charge in [-0.05, 0) is 25.7 Å². The molecule has 3 aliphatic rings. The van der Waals surface area contributed by atoms with Crippen molar-refractivity contribution in [2.24, 2.45) is 17.3 Å². The van der Waals surface area contributed by atoms with Crippen LogP contribution in [-0.2, 0) is 14.3 Å². The summed E-state index contributed by atoms with van der Waals surface area (Å²) in [4.78, 5) is 24.0. The van der Waals surface area contributed by atoms with Gasteiger partial charge in [-0.15, -0.1) is 0 Å². The Bertz CT molecular complexity index is 483. The van der Waals surface area contributed by atoms with Crippen molar-refractivity contribution in [1.82, 2.24) is 0 Å². The highest BCUT2D eigenvalue weighted by Gasteiger charge is 2.64. The monoisotopic (exact) mass is 264 g/mol. The van der Waals surface area contributed by atoms with E-state index < -0.39 is 11.0 Å². The first kappa shape index (κ1) is 12.9. The Labute approximate surface area is 112 Å². The van der Waals surface area contributed by atoms with Gasteiger partial charge in [0.2, 0.25) is 0 Å².